The van der Waals surface area contributed by atoms with Crippen LogP contribution >= 0.6 is 0 Å². The number of carbonyl (C=O) groups excluding carboxylic acids is 1. The Balaban J connectivity index is 2.56. The fraction of sp³-hybridized carbons (Fsp3) is 0.500. The third kappa shape index (κ3) is 4.30. The molecule has 1 saturated heterocycles. The molecule has 1 aliphatic heterocycles. The van der Waals surface area contributed by atoms with E-state index in [9.17, 15) is 4.79 Å². The molecule has 5 N–H and O–H groups in total. The molecule has 0 saturated carbocycles. The first-order valence-corrected chi connectivity index (χ1v) is 9.02. The number of rotatable bonds is 7. The molecule has 27 heavy (non-hydrogen) atoms. The molecular formula is C18H28N6O3. The number of ether oxygens (including phenoxy) is 1. The summed E-state index contributed by atoms with van der Waals surface area (Å²) in [5.74, 6) is 0.645. The van der Waals surface area contributed by atoms with E-state index in [1.165, 1.54) is 6.07 Å². The summed E-state index contributed by atoms with van der Waals surface area (Å²) in [5.41, 5.74) is 13.2. The van der Waals surface area contributed by atoms with Crippen LogP contribution < -0.4 is 16.2 Å². The molecule has 1 aliphatic rings. The molecule has 0 radical (unpaired) electrons. The number of anilines is 2. The molecule has 9 heteroatoms. The highest BCUT2D eigenvalue weighted by molar-refractivity contribution is 6.69. The van der Waals surface area contributed by atoms with E-state index >= 15 is 0 Å². The van der Waals surface area contributed by atoms with Crippen LogP contribution in [-0.2, 0) is 4.79 Å². The number of amidine groups is 1. The van der Waals surface area contributed by atoms with Crippen molar-refractivity contribution < 1.29 is 14.6 Å². The lowest BCUT2D eigenvalue weighted by Crippen LogP contribution is -2.40. The van der Waals surface area contributed by atoms with Gasteiger partial charge in [0.2, 0.25) is 0 Å². The van der Waals surface area contributed by atoms with Crippen molar-refractivity contribution in [3.05, 3.63) is 12.1 Å². The van der Waals surface area contributed by atoms with Gasteiger partial charge in [-0.25, -0.2) is 10.0 Å². The van der Waals surface area contributed by atoms with Crippen LogP contribution in [0, 0.1) is 0 Å². The van der Waals surface area contributed by atoms with E-state index in [4.69, 9.17) is 21.3 Å². The Bertz CT molecular complexity index is 760. The summed E-state index contributed by atoms with van der Waals surface area (Å²) in [6.45, 7) is 8.77. The molecule has 2 rings (SSSR count). The lowest BCUT2D eigenvalue weighted by Gasteiger charge is -2.26. The highest BCUT2D eigenvalue weighted by Gasteiger charge is 2.39. The molecule has 0 unspecified atom stereocenters. The summed E-state index contributed by atoms with van der Waals surface area (Å²) in [6, 6.07) is 3.09. The average molecular weight is 376 g/mol. The van der Waals surface area contributed by atoms with Gasteiger partial charge in [-0.2, -0.15) is 0 Å². The Morgan fingerprint density at radius 3 is 2.37 bits per heavy atom. The summed E-state index contributed by atoms with van der Waals surface area (Å²) in [5, 5.41) is 12.4. The SMILES string of the molecule is CCN1C(=O)C(=Nc2cc(OCCO)c(N)cc2N)C(=NC(C)C)N1CC. The average Bonchev–Trinajstić information content (AvgIpc) is 2.86. The van der Waals surface area contributed by atoms with E-state index in [0.29, 0.717) is 41.7 Å². The summed E-state index contributed by atoms with van der Waals surface area (Å²) >= 11 is 0. The maximum absolute atomic E-state index is 12.9. The number of benzene rings is 1. The molecule has 148 valence electrons. The normalized spacial score (nSPS) is 17.6. The van der Waals surface area contributed by atoms with Gasteiger partial charge in [0.15, 0.2) is 11.5 Å². The van der Waals surface area contributed by atoms with Crippen LogP contribution in [0.5, 0.6) is 5.75 Å². The second-order valence-corrected chi connectivity index (χ2v) is 6.26. The monoisotopic (exact) mass is 376 g/mol. The van der Waals surface area contributed by atoms with Gasteiger partial charge in [0.05, 0.1) is 23.7 Å². The summed E-state index contributed by atoms with van der Waals surface area (Å²) in [4.78, 5) is 22.0. The van der Waals surface area contributed by atoms with E-state index in [0.717, 1.165) is 0 Å². The number of nitrogens with zero attached hydrogens (tertiary/aromatic N) is 4. The largest absolute Gasteiger partial charge is 0.489 e. The molecule has 1 amide bonds. The van der Waals surface area contributed by atoms with Gasteiger partial charge in [-0.15, -0.1) is 0 Å². The van der Waals surface area contributed by atoms with Gasteiger partial charge in [-0.3, -0.25) is 14.8 Å². The Labute approximate surface area is 159 Å². The number of nitrogens with two attached hydrogens (primary N) is 2. The predicted molar refractivity (Wildman–Crippen MR) is 107 cm³/mol. The number of aliphatic hydroxyl groups is 1. The minimum atomic E-state index is -0.229. The summed E-state index contributed by atoms with van der Waals surface area (Å²) < 4.78 is 5.41. The first-order chi connectivity index (χ1) is 12.8. The standard InChI is InChI=1S/C18H28N6O3/c1-5-23-17(21-11(3)4)16(18(26)24(23)6-2)22-14-10-15(27-8-7-25)13(20)9-12(14)19/h9-11,25H,5-8,19-20H2,1-4H3. The van der Waals surface area contributed by atoms with Crippen LogP contribution in [0.15, 0.2) is 22.1 Å². The molecule has 1 aromatic carbocycles. The molecule has 0 atom stereocenters. The van der Waals surface area contributed by atoms with Crippen molar-refractivity contribution in [2.45, 2.75) is 33.7 Å². The fourth-order valence-electron chi connectivity index (χ4n) is 2.77. The van der Waals surface area contributed by atoms with Crippen LogP contribution in [0.1, 0.15) is 27.7 Å². The van der Waals surface area contributed by atoms with Crippen LogP contribution in [0.25, 0.3) is 0 Å². The van der Waals surface area contributed by atoms with Gasteiger partial charge in [-0.1, -0.05) is 0 Å². The topological polar surface area (TPSA) is 130 Å². The highest BCUT2D eigenvalue weighted by Crippen LogP contribution is 2.34. The van der Waals surface area contributed by atoms with Crippen molar-refractivity contribution in [1.29, 1.82) is 0 Å². The number of aliphatic imine (C=N–C) groups is 2. The first-order valence-electron chi connectivity index (χ1n) is 9.02. The zero-order chi connectivity index (χ0) is 20.1. The Hall–Kier alpha value is -2.81. The summed E-state index contributed by atoms with van der Waals surface area (Å²) in [6.07, 6.45) is 0. The molecule has 0 spiro atoms. The zero-order valence-electron chi connectivity index (χ0n) is 16.3. The second-order valence-electron chi connectivity index (χ2n) is 6.26. The third-order valence-electron chi connectivity index (χ3n) is 3.90. The van der Waals surface area contributed by atoms with E-state index in [-0.39, 0.29) is 30.9 Å². The quantitative estimate of drug-likeness (QED) is 0.613. The van der Waals surface area contributed by atoms with E-state index in [1.807, 2.05) is 32.7 Å². The number of carbonyl (C=O) groups is 1. The van der Waals surface area contributed by atoms with Crippen LogP contribution in [0.2, 0.25) is 0 Å². The number of nitrogen functional groups attached to an aromatic ring is 2. The first kappa shape index (κ1) is 20.5. The third-order valence-corrected chi connectivity index (χ3v) is 3.90. The lowest BCUT2D eigenvalue weighted by atomic mass is 10.2. The molecule has 0 aromatic heterocycles. The van der Waals surface area contributed by atoms with Gasteiger partial charge < -0.3 is 21.3 Å². The van der Waals surface area contributed by atoms with Gasteiger partial charge >= 0.3 is 0 Å². The van der Waals surface area contributed by atoms with Crippen molar-refractivity contribution in [2.75, 3.05) is 37.8 Å². The van der Waals surface area contributed by atoms with Crippen molar-refractivity contribution in [3.8, 4) is 5.75 Å². The Morgan fingerprint density at radius 2 is 1.81 bits per heavy atom. The van der Waals surface area contributed by atoms with Crippen molar-refractivity contribution >= 4 is 34.5 Å². The van der Waals surface area contributed by atoms with E-state index < -0.39 is 0 Å². The summed E-state index contributed by atoms with van der Waals surface area (Å²) in [7, 11) is 0. The number of hydrogen-bond acceptors (Lipinski definition) is 7. The number of hydrogen-bond donors (Lipinski definition) is 3. The van der Waals surface area contributed by atoms with Crippen LogP contribution in [-0.4, -0.2) is 64.9 Å². The molecule has 1 fully saturated rings. The molecule has 0 bridgehead atoms. The van der Waals surface area contributed by atoms with Gasteiger partial charge in [0.1, 0.15) is 12.4 Å². The minimum absolute atomic E-state index is 0.00364. The van der Waals surface area contributed by atoms with Crippen molar-refractivity contribution in [1.82, 2.24) is 10.0 Å². The predicted octanol–water partition coefficient (Wildman–Crippen LogP) is 1.20. The highest BCUT2D eigenvalue weighted by atomic mass is 16.5. The number of amides is 1. The van der Waals surface area contributed by atoms with Crippen molar-refractivity contribution in [3.63, 3.8) is 0 Å². The number of hydrazine groups is 1. The number of aliphatic hydroxyl groups excluding tert-OH is 1. The smallest absolute Gasteiger partial charge is 0.294 e. The molecular weight excluding hydrogens is 348 g/mol. The zero-order valence-corrected chi connectivity index (χ0v) is 16.3. The Kier molecular flexibility index (Phi) is 6.62. The molecule has 1 aromatic rings. The van der Waals surface area contributed by atoms with Crippen LogP contribution in [0.3, 0.4) is 0 Å². The Morgan fingerprint density at radius 1 is 1.15 bits per heavy atom. The van der Waals surface area contributed by atoms with Gasteiger partial charge in [0.25, 0.3) is 5.91 Å². The lowest BCUT2D eigenvalue weighted by molar-refractivity contribution is -0.131. The van der Waals surface area contributed by atoms with Crippen molar-refractivity contribution in [2.24, 2.45) is 9.98 Å². The maximum atomic E-state index is 12.9. The molecule has 1 heterocycles. The van der Waals surface area contributed by atoms with Crippen LogP contribution in [0.4, 0.5) is 17.1 Å². The molecule has 0 aliphatic carbocycles. The molecule has 9 nitrogen and oxygen atoms in total. The van der Waals surface area contributed by atoms with Gasteiger partial charge in [0, 0.05) is 25.2 Å². The second kappa shape index (κ2) is 8.72. The maximum Gasteiger partial charge on any atom is 0.294 e. The van der Waals surface area contributed by atoms with E-state index in [1.54, 1.807) is 11.1 Å². The van der Waals surface area contributed by atoms with E-state index in [2.05, 4.69) is 9.98 Å². The van der Waals surface area contributed by atoms with Gasteiger partial charge in [-0.05, 0) is 33.8 Å². The minimum Gasteiger partial charge on any atom is -0.489 e. The fourth-order valence-corrected chi connectivity index (χ4v) is 2.77.